The van der Waals surface area contributed by atoms with Gasteiger partial charge in [-0.05, 0) is 82.2 Å². The summed E-state index contributed by atoms with van der Waals surface area (Å²) in [6.45, 7) is 2.25. The smallest absolute Gasteiger partial charge is 0.0806 e. The highest BCUT2D eigenvalue weighted by Gasteiger charge is 2.26. The van der Waals surface area contributed by atoms with Gasteiger partial charge in [0.25, 0.3) is 0 Å². The first-order valence-electron chi connectivity index (χ1n) is 7.93. The highest BCUT2D eigenvalue weighted by molar-refractivity contribution is 14.1. The van der Waals surface area contributed by atoms with E-state index in [2.05, 4.69) is 45.4 Å². The van der Waals surface area contributed by atoms with Gasteiger partial charge in [0.15, 0.2) is 0 Å². The molecule has 1 aliphatic carbocycles. The maximum Gasteiger partial charge on any atom is 0.0806 e. The lowest BCUT2D eigenvalue weighted by Crippen LogP contribution is -2.07. The van der Waals surface area contributed by atoms with Gasteiger partial charge in [-0.2, -0.15) is 0 Å². The Balaban J connectivity index is 2.06. The molecule has 1 aliphatic rings. The van der Waals surface area contributed by atoms with E-state index in [9.17, 15) is 5.11 Å². The van der Waals surface area contributed by atoms with E-state index in [4.69, 9.17) is 0 Å². The number of hydrogen-bond acceptors (Lipinski definition) is 1. The third kappa shape index (κ3) is 4.80. The Morgan fingerprint density at radius 2 is 2.19 bits per heavy atom. The standard InChI is InChI=1S/C18H24BrIO/c1-2-3-11-17(20)14-9-6-7-13(14)12-18(21)15-8-4-5-10-16(15)19/h4-5,8,10,13,18,21H,2-3,6-7,9,11-12H2,1H3/b17-14+/t13-,18-/m0/s1. The molecule has 0 aromatic heterocycles. The van der Waals surface area contributed by atoms with Gasteiger partial charge in [-0.1, -0.05) is 53.0 Å². The average Bonchev–Trinajstić information content (AvgIpc) is 2.93. The Morgan fingerprint density at radius 3 is 2.90 bits per heavy atom. The van der Waals surface area contributed by atoms with E-state index in [0.717, 1.165) is 16.5 Å². The molecule has 1 aromatic carbocycles. The summed E-state index contributed by atoms with van der Waals surface area (Å²) < 4.78 is 2.57. The van der Waals surface area contributed by atoms with Gasteiger partial charge in [-0.25, -0.2) is 0 Å². The lowest BCUT2D eigenvalue weighted by atomic mass is 9.92. The van der Waals surface area contributed by atoms with E-state index in [1.807, 2.05) is 24.3 Å². The van der Waals surface area contributed by atoms with Gasteiger partial charge < -0.3 is 5.11 Å². The largest absolute Gasteiger partial charge is 0.388 e. The van der Waals surface area contributed by atoms with E-state index < -0.39 is 0 Å². The molecule has 1 fully saturated rings. The van der Waals surface area contributed by atoms with Gasteiger partial charge in [-0.15, -0.1) is 0 Å². The summed E-state index contributed by atoms with van der Waals surface area (Å²) in [5, 5.41) is 10.6. The lowest BCUT2D eigenvalue weighted by molar-refractivity contribution is 0.151. The van der Waals surface area contributed by atoms with Crippen LogP contribution in [-0.4, -0.2) is 5.11 Å². The molecule has 1 saturated carbocycles. The van der Waals surface area contributed by atoms with Gasteiger partial charge >= 0.3 is 0 Å². The maximum atomic E-state index is 10.6. The summed E-state index contributed by atoms with van der Waals surface area (Å²) in [7, 11) is 0. The second-order valence-corrected chi connectivity index (χ2v) is 8.05. The van der Waals surface area contributed by atoms with Crippen molar-refractivity contribution in [1.82, 2.24) is 0 Å². The number of halogens is 2. The molecule has 3 heteroatoms. The van der Waals surface area contributed by atoms with Crippen molar-refractivity contribution >= 4 is 38.5 Å². The van der Waals surface area contributed by atoms with Gasteiger partial charge in [0.1, 0.15) is 0 Å². The van der Waals surface area contributed by atoms with Crippen LogP contribution in [0, 0.1) is 5.92 Å². The Hall–Kier alpha value is 0.130. The minimum atomic E-state index is -0.367. The topological polar surface area (TPSA) is 20.2 Å². The molecular formula is C18H24BrIO. The van der Waals surface area contributed by atoms with Crippen LogP contribution in [0.15, 0.2) is 37.9 Å². The quantitative estimate of drug-likeness (QED) is 0.475. The molecule has 1 nitrogen and oxygen atoms in total. The molecule has 1 aromatic rings. The molecule has 0 aliphatic heterocycles. The molecule has 0 saturated heterocycles. The van der Waals surface area contributed by atoms with Crippen molar-refractivity contribution < 1.29 is 5.11 Å². The van der Waals surface area contributed by atoms with Gasteiger partial charge in [0, 0.05) is 4.47 Å². The van der Waals surface area contributed by atoms with Crippen LogP contribution in [0.2, 0.25) is 0 Å². The van der Waals surface area contributed by atoms with Crippen molar-refractivity contribution in [3.63, 3.8) is 0 Å². The number of aliphatic hydroxyl groups is 1. The second-order valence-electron chi connectivity index (χ2n) is 5.90. The summed E-state index contributed by atoms with van der Waals surface area (Å²) in [6.07, 6.45) is 7.98. The Bertz CT molecular complexity index is 498. The van der Waals surface area contributed by atoms with Crippen LogP contribution in [0.4, 0.5) is 0 Å². The summed E-state index contributed by atoms with van der Waals surface area (Å²) in [5.41, 5.74) is 2.64. The maximum absolute atomic E-state index is 10.6. The van der Waals surface area contributed by atoms with Crippen LogP contribution < -0.4 is 0 Å². The number of aliphatic hydroxyl groups excluding tert-OH is 1. The lowest BCUT2D eigenvalue weighted by Gasteiger charge is -2.20. The number of unbranched alkanes of at least 4 members (excludes halogenated alkanes) is 1. The molecule has 0 spiro atoms. The summed E-state index contributed by atoms with van der Waals surface area (Å²) >= 11 is 6.09. The fraction of sp³-hybridized carbons (Fsp3) is 0.556. The van der Waals surface area contributed by atoms with Gasteiger partial charge in [0.2, 0.25) is 0 Å². The molecule has 21 heavy (non-hydrogen) atoms. The van der Waals surface area contributed by atoms with Crippen molar-refractivity contribution in [3.8, 4) is 0 Å². The monoisotopic (exact) mass is 462 g/mol. The Labute approximate surface area is 150 Å². The first kappa shape index (κ1) is 17.5. The van der Waals surface area contributed by atoms with E-state index in [-0.39, 0.29) is 6.10 Å². The number of rotatable bonds is 6. The third-order valence-electron chi connectivity index (χ3n) is 4.36. The number of hydrogen-bond donors (Lipinski definition) is 1. The zero-order chi connectivity index (χ0) is 15.2. The molecule has 0 amide bonds. The highest BCUT2D eigenvalue weighted by atomic mass is 127. The molecule has 2 atom stereocenters. The van der Waals surface area contributed by atoms with Crippen LogP contribution in [-0.2, 0) is 0 Å². The van der Waals surface area contributed by atoms with Crippen LogP contribution in [0.25, 0.3) is 0 Å². The SMILES string of the molecule is CCCC/C(I)=C1/CCC[C@H]1C[C@H](O)c1ccccc1Br. The number of benzene rings is 1. The van der Waals surface area contributed by atoms with E-state index in [1.165, 1.54) is 38.5 Å². The Kier molecular flexibility index (Phi) is 7.23. The highest BCUT2D eigenvalue weighted by Crippen LogP contribution is 2.42. The normalized spacial score (nSPS) is 22.4. The fourth-order valence-corrected chi connectivity index (χ4v) is 4.81. The predicted octanol–water partition coefficient (Wildman–Crippen LogP) is 6.55. The van der Waals surface area contributed by atoms with Gasteiger partial charge in [0.05, 0.1) is 6.10 Å². The molecule has 0 bridgehead atoms. The van der Waals surface area contributed by atoms with Crippen molar-refractivity contribution in [1.29, 1.82) is 0 Å². The first-order chi connectivity index (χ1) is 10.1. The fourth-order valence-electron chi connectivity index (χ4n) is 3.17. The Morgan fingerprint density at radius 1 is 1.43 bits per heavy atom. The van der Waals surface area contributed by atoms with Crippen molar-refractivity contribution in [2.24, 2.45) is 5.92 Å². The van der Waals surface area contributed by atoms with Crippen LogP contribution in [0.3, 0.4) is 0 Å². The molecule has 0 unspecified atom stereocenters. The summed E-state index contributed by atoms with van der Waals surface area (Å²) in [4.78, 5) is 0. The van der Waals surface area contributed by atoms with E-state index in [1.54, 1.807) is 9.15 Å². The zero-order valence-electron chi connectivity index (χ0n) is 12.6. The minimum absolute atomic E-state index is 0.367. The zero-order valence-corrected chi connectivity index (χ0v) is 16.4. The first-order valence-corrected chi connectivity index (χ1v) is 9.80. The predicted molar refractivity (Wildman–Crippen MR) is 102 cm³/mol. The minimum Gasteiger partial charge on any atom is -0.388 e. The van der Waals surface area contributed by atoms with Crippen molar-refractivity contribution in [2.45, 2.75) is 58.0 Å². The summed E-state index contributed by atoms with van der Waals surface area (Å²) in [5.74, 6) is 0.566. The van der Waals surface area contributed by atoms with Crippen LogP contribution in [0.5, 0.6) is 0 Å². The van der Waals surface area contributed by atoms with Gasteiger partial charge in [-0.3, -0.25) is 0 Å². The molecule has 0 heterocycles. The summed E-state index contributed by atoms with van der Waals surface area (Å²) in [6, 6.07) is 8.03. The van der Waals surface area contributed by atoms with Crippen molar-refractivity contribution in [3.05, 3.63) is 43.5 Å². The van der Waals surface area contributed by atoms with E-state index in [0.29, 0.717) is 5.92 Å². The van der Waals surface area contributed by atoms with Crippen molar-refractivity contribution in [2.75, 3.05) is 0 Å². The molecule has 116 valence electrons. The molecule has 1 N–H and O–H groups in total. The molecule has 2 rings (SSSR count). The molecule has 0 radical (unpaired) electrons. The third-order valence-corrected chi connectivity index (χ3v) is 6.32. The van der Waals surface area contributed by atoms with E-state index >= 15 is 0 Å². The average molecular weight is 463 g/mol. The second kappa shape index (κ2) is 8.68. The molecular weight excluding hydrogens is 439 g/mol. The number of allylic oxidation sites excluding steroid dienone is 2. The van der Waals surface area contributed by atoms with Crippen LogP contribution in [0.1, 0.15) is 63.5 Å². The van der Waals surface area contributed by atoms with Crippen LogP contribution >= 0.6 is 38.5 Å².